The zero-order valence-corrected chi connectivity index (χ0v) is 17.8. The molecule has 2 aromatic carbocycles. The lowest BCUT2D eigenvalue weighted by molar-refractivity contribution is -0.137. The smallest absolute Gasteiger partial charge is 0.417 e. The Morgan fingerprint density at radius 1 is 1.16 bits per heavy atom. The summed E-state index contributed by atoms with van der Waals surface area (Å²) in [5.74, 6) is 1.83. The minimum absolute atomic E-state index is 0.0688. The molecule has 0 atom stereocenters. The zero-order chi connectivity index (χ0) is 22.7. The standard InChI is InChI=1S/C23H19ClF3N3O2/c1-2-30-11-9-18(10-12-30)31-17-6-3-15(4-7-17)13-21-28-22(29-32-21)16-5-8-20(24)19(14-16)23(25,26)27/h3-11,14H,2,12-13H2,1H3. The summed E-state index contributed by atoms with van der Waals surface area (Å²) in [6, 6.07) is 10.9. The first-order chi connectivity index (χ1) is 15.3. The molecule has 0 radical (unpaired) electrons. The molecule has 0 N–H and O–H groups in total. The average Bonchev–Trinajstić information content (AvgIpc) is 3.23. The Labute approximate surface area is 187 Å². The number of alkyl halides is 3. The van der Waals surface area contributed by atoms with E-state index < -0.39 is 11.7 Å². The van der Waals surface area contributed by atoms with E-state index in [2.05, 4.69) is 22.0 Å². The van der Waals surface area contributed by atoms with Crippen LogP contribution in [0.2, 0.25) is 5.02 Å². The first kappa shape index (κ1) is 22.0. The average molecular weight is 462 g/mol. The Morgan fingerprint density at radius 3 is 2.59 bits per heavy atom. The Morgan fingerprint density at radius 2 is 1.94 bits per heavy atom. The van der Waals surface area contributed by atoms with Crippen LogP contribution in [-0.4, -0.2) is 28.1 Å². The molecule has 0 bridgehead atoms. The van der Waals surface area contributed by atoms with Crippen LogP contribution in [0.25, 0.3) is 11.4 Å². The molecule has 4 rings (SSSR count). The van der Waals surface area contributed by atoms with Gasteiger partial charge in [0.05, 0.1) is 17.0 Å². The number of halogens is 4. The molecule has 0 spiro atoms. The van der Waals surface area contributed by atoms with Crippen LogP contribution in [0.5, 0.6) is 5.75 Å². The van der Waals surface area contributed by atoms with Gasteiger partial charge in [0, 0.05) is 24.9 Å². The highest BCUT2D eigenvalue weighted by Gasteiger charge is 2.33. The molecule has 5 nitrogen and oxygen atoms in total. The van der Waals surface area contributed by atoms with Crippen molar-refractivity contribution in [3.63, 3.8) is 0 Å². The summed E-state index contributed by atoms with van der Waals surface area (Å²) < 4.78 is 50.3. The molecule has 0 amide bonds. The molecule has 0 fully saturated rings. The predicted octanol–water partition coefficient (Wildman–Crippen LogP) is 6.11. The van der Waals surface area contributed by atoms with E-state index in [0.717, 1.165) is 30.5 Å². The van der Waals surface area contributed by atoms with Gasteiger partial charge < -0.3 is 14.2 Å². The number of benzene rings is 2. The number of rotatable bonds is 6. The number of ether oxygens (including phenoxy) is 1. The number of likely N-dealkylation sites (N-methyl/N-ethyl adjacent to an activating group) is 1. The molecule has 2 heterocycles. The van der Waals surface area contributed by atoms with Gasteiger partial charge in [-0.15, -0.1) is 0 Å². The highest BCUT2D eigenvalue weighted by Crippen LogP contribution is 2.36. The summed E-state index contributed by atoms with van der Waals surface area (Å²) in [4.78, 5) is 6.37. The third-order valence-electron chi connectivity index (χ3n) is 4.90. The Bertz CT molecular complexity index is 1150. The maximum atomic E-state index is 13.1. The highest BCUT2D eigenvalue weighted by molar-refractivity contribution is 6.31. The Balaban J connectivity index is 1.42. The van der Waals surface area contributed by atoms with Crippen molar-refractivity contribution in [3.05, 3.63) is 88.6 Å². The van der Waals surface area contributed by atoms with Crippen LogP contribution in [-0.2, 0) is 12.6 Å². The van der Waals surface area contributed by atoms with Crippen LogP contribution in [0.3, 0.4) is 0 Å². The van der Waals surface area contributed by atoms with Crippen molar-refractivity contribution in [2.45, 2.75) is 19.5 Å². The number of aromatic nitrogens is 2. The van der Waals surface area contributed by atoms with Crippen molar-refractivity contribution in [1.82, 2.24) is 15.0 Å². The van der Waals surface area contributed by atoms with Gasteiger partial charge >= 0.3 is 6.18 Å². The zero-order valence-electron chi connectivity index (χ0n) is 17.1. The molecule has 166 valence electrons. The fraction of sp³-hybridized carbons (Fsp3) is 0.217. The van der Waals surface area contributed by atoms with E-state index in [1.807, 2.05) is 42.6 Å². The van der Waals surface area contributed by atoms with Gasteiger partial charge in [0.15, 0.2) is 0 Å². The summed E-state index contributed by atoms with van der Waals surface area (Å²) in [5.41, 5.74) is 0.129. The van der Waals surface area contributed by atoms with Crippen molar-refractivity contribution >= 4 is 11.6 Å². The van der Waals surface area contributed by atoms with E-state index in [1.165, 1.54) is 12.1 Å². The summed E-state index contributed by atoms with van der Waals surface area (Å²) in [7, 11) is 0. The number of hydrogen-bond donors (Lipinski definition) is 0. The second kappa shape index (κ2) is 9.08. The highest BCUT2D eigenvalue weighted by atomic mass is 35.5. The first-order valence-corrected chi connectivity index (χ1v) is 10.3. The molecule has 0 unspecified atom stereocenters. The van der Waals surface area contributed by atoms with Crippen LogP contribution in [0.15, 0.2) is 71.1 Å². The van der Waals surface area contributed by atoms with E-state index in [1.54, 1.807) is 0 Å². The van der Waals surface area contributed by atoms with Gasteiger partial charge in [-0.05, 0) is 55.0 Å². The molecule has 1 aromatic heterocycles. The van der Waals surface area contributed by atoms with Crippen LogP contribution in [0, 0.1) is 0 Å². The summed E-state index contributed by atoms with van der Waals surface area (Å²) in [5, 5.41) is 3.42. The van der Waals surface area contributed by atoms with E-state index >= 15 is 0 Å². The normalized spacial score (nSPS) is 13.9. The largest absolute Gasteiger partial charge is 0.458 e. The minimum Gasteiger partial charge on any atom is -0.458 e. The topological polar surface area (TPSA) is 51.4 Å². The molecular formula is C23H19ClF3N3O2. The second-order valence-electron chi connectivity index (χ2n) is 7.14. The van der Waals surface area contributed by atoms with Gasteiger partial charge in [0.25, 0.3) is 0 Å². The number of allylic oxidation sites excluding steroid dienone is 1. The lowest BCUT2D eigenvalue weighted by Gasteiger charge is -2.20. The molecule has 1 aliphatic rings. The maximum absolute atomic E-state index is 13.1. The van der Waals surface area contributed by atoms with Gasteiger partial charge in [-0.25, -0.2) is 0 Å². The summed E-state index contributed by atoms with van der Waals surface area (Å²) in [6.07, 6.45) is 1.69. The third kappa shape index (κ3) is 5.13. The minimum atomic E-state index is -4.57. The molecule has 1 aliphatic heterocycles. The quantitative estimate of drug-likeness (QED) is 0.443. The molecule has 0 saturated heterocycles. The molecule has 3 aromatic rings. The fourth-order valence-electron chi connectivity index (χ4n) is 3.14. The van der Waals surface area contributed by atoms with E-state index in [9.17, 15) is 13.2 Å². The fourth-order valence-corrected chi connectivity index (χ4v) is 3.36. The first-order valence-electron chi connectivity index (χ1n) is 9.90. The monoisotopic (exact) mass is 461 g/mol. The van der Waals surface area contributed by atoms with Gasteiger partial charge in [-0.1, -0.05) is 28.9 Å². The lowest BCUT2D eigenvalue weighted by Crippen LogP contribution is -2.19. The second-order valence-corrected chi connectivity index (χ2v) is 7.54. The van der Waals surface area contributed by atoms with Crippen molar-refractivity contribution < 1.29 is 22.4 Å². The van der Waals surface area contributed by atoms with Crippen molar-refractivity contribution in [2.24, 2.45) is 0 Å². The van der Waals surface area contributed by atoms with Gasteiger partial charge in [0.2, 0.25) is 11.7 Å². The van der Waals surface area contributed by atoms with Gasteiger partial charge in [0.1, 0.15) is 11.5 Å². The summed E-state index contributed by atoms with van der Waals surface area (Å²) >= 11 is 5.66. The predicted molar refractivity (Wildman–Crippen MR) is 114 cm³/mol. The molecular weight excluding hydrogens is 443 g/mol. The van der Waals surface area contributed by atoms with Crippen LogP contribution >= 0.6 is 11.6 Å². The van der Waals surface area contributed by atoms with Crippen molar-refractivity contribution in [2.75, 3.05) is 13.1 Å². The number of nitrogens with zero attached hydrogens (tertiary/aromatic N) is 3. The van der Waals surface area contributed by atoms with E-state index in [-0.39, 0.29) is 22.3 Å². The van der Waals surface area contributed by atoms with E-state index in [0.29, 0.717) is 12.2 Å². The maximum Gasteiger partial charge on any atom is 0.417 e. The molecule has 9 heteroatoms. The molecule has 0 aliphatic carbocycles. The third-order valence-corrected chi connectivity index (χ3v) is 5.22. The van der Waals surface area contributed by atoms with Crippen molar-refractivity contribution in [1.29, 1.82) is 0 Å². The van der Waals surface area contributed by atoms with E-state index in [4.69, 9.17) is 20.9 Å². The Hall–Kier alpha value is -3.26. The van der Waals surface area contributed by atoms with Crippen LogP contribution < -0.4 is 4.74 Å². The molecule has 0 saturated carbocycles. The SMILES string of the molecule is CCN1C=CC(Oc2ccc(Cc3nc(-c4ccc(Cl)c(C(F)(F)F)c4)no3)cc2)=CC1. The van der Waals surface area contributed by atoms with Crippen molar-refractivity contribution in [3.8, 4) is 17.1 Å². The van der Waals surface area contributed by atoms with Gasteiger partial charge in [-0.3, -0.25) is 0 Å². The van der Waals surface area contributed by atoms with Crippen LogP contribution in [0.4, 0.5) is 13.2 Å². The number of hydrogen-bond acceptors (Lipinski definition) is 5. The Kier molecular flexibility index (Phi) is 6.23. The summed E-state index contributed by atoms with van der Waals surface area (Å²) in [6.45, 7) is 3.83. The lowest BCUT2D eigenvalue weighted by atomic mass is 10.1. The van der Waals surface area contributed by atoms with Crippen LogP contribution in [0.1, 0.15) is 23.9 Å². The van der Waals surface area contributed by atoms with Gasteiger partial charge in [-0.2, -0.15) is 18.2 Å². The molecule has 32 heavy (non-hydrogen) atoms.